The topological polar surface area (TPSA) is 98.6 Å². The second-order valence-electron chi connectivity index (χ2n) is 11.4. The number of nitrogens with one attached hydrogen (secondary N) is 1. The van der Waals surface area contributed by atoms with Crippen molar-refractivity contribution in [1.29, 1.82) is 0 Å². The fraction of sp³-hybridized carbons (Fsp3) is 1.00. The SMILES string of the molecule is COC[C@]12CC[C@H]3OC1NC1[C@@]34[C@@H]3C[C@H]5[C@H](OC)[C@@H]3[C@](O)(C[C@@H]5OC)[C@]1(O)[C@@H](OC)[C@H]24. The number of hydrogen-bond donors (Lipinski definition) is 3. The predicted molar refractivity (Wildman–Crippen MR) is 107 cm³/mol. The van der Waals surface area contributed by atoms with E-state index in [0.717, 1.165) is 19.3 Å². The molecule has 0 aromatic heterocycles. The third kappa shape index (κ3) is 1.70. The molecule has 4 saturated heterocycles. The van der Waals surface area contributed by atoms with Crippen LogP contribution in [-0.4, -0.2) is 93.1 Å². The Balaban J connectivity index is 1.51. The molecule has 174 valence electrons. The molecule has 0 radical (unpaired) electrons. The van der Waals surface area contributed by atoms with Gasteiger partial charge in [-0.15, -0.1) is 0 Å². The number of fused-ring (bicyclic) bond motifs is 3. The average Bonchev–Trinajstić information content (AvgIpc) is 3.19. The predicted octanol–water partition coefficient (Wildman–Crippen LogP) is -0.0973. The van der Waals surface area contributed by atoms with E-state index < -0.39 is 17.3 Å². The summed E-state index contributed by atoms with van der Waals surface area (Å²) in [6, 6.07) is -0.276. The zero-order chi connectivity index (χ0) is 21.6. The van der Waals surface area contributed by atoms with E-state index in [1.807, 2.05) is 0 Å². The minimum absolute atomic E-state index is 0.0477. The zero-order valence-electron chi connectivity index (χ0n) is 18.7. The highest BCUT2D eigenvalue weighted by Gasteiger charge is 2.93. The van der Waals surface area contributed by atoms with Gasteiger partial charge in [0.25, 0.3) is 0 Å². The first kappa shape index (κ1) is 20.1. The molecule has 9 rings (SSSR count). The van der Waals surface area contributed by atoms with Crippen molar-refractivity contribution in [3.05, 3.63) is 0 Å². The van der Waals surface area contributed by atoms with Crippen LogP contribution in [0.3, 0.4) is 0 Å². The quantitative estimate of drug-likeness (QED) is 0.549. The molecule has 5 saturated carbocycles. The molecule has 0 aromatic carbocycles. The molecule has 14 atom stereocenters. The number of methoxy groups -OCH3 is 4. The van der Waals surface area contributed by atoms with Crippen LogP contribution >= 0.6 is 0 Å². The van der Waals surface area contributed by atoms with E-state index in [4.69, 9.17) is 23.7 Å². The number of hydrogen-bond acceptors (Lipinski definition) is 8. The Labute approximate surface area is 182 Å². The minimum Gasteiger partial charge on any atom is -0.386 e. The summed E-state index contributed by atoms with van der Waals surface area (Å²) in [5.74, 6) is 0.270. The molecule has 0 aromatic rings. The van der Waals surface area contributed by atoms with Gasteiger partial charge in [0, 0.05) is 63.4 Å². The molecule has 8 nitrogen and oxygen atoms in total. The second kappa shape index (κ2) is 5.84. The molecule has 4 heterocycles. The van der Waals surface area contributed by atoms with Crippen molar-refractivity contribution in [3.63, 3.8) is 0 Å². The summed E-state index contributed by atoms with van der Waals surface area (Å²) in [5.41, 5.74) is -3.40. The van der Waals surface area contributed by atoms with E-state index in [1.54, 1.807) is 28.4 Å². The monoisotopic (exact) mass is 437 g/mol. The largest absolute Gasteiger partial charge is 0.386 e. The van der Waals surface area contributed by atoms with Crippen molar-refractivity contribution in [2.45, 2.75) is 73.6 Å². The molecular weight excluding hydrogens is 402 g/mol. The van der Waals surface area contributed by atoms with Crippen molar-refractivity contribution >= 4 is 0 Å². The molecule has 9 bridgehead atoms. The summed E-state index contributed by atoms with van der Waals surface area (Å²) >= 11 is 0. The number of ether oxygens (including phenoxy) is 5. The smallest absolute Gasteiger partial charge is 0.136 e. The Morgan fingerprint density at radius 1 is 1.10 bits per heavy atom. The van der Waals surface area contributed by atoms with E-state index in [-0.39, 0.29) is 65.1 Å². The van der Waals surface area contributed by atoms with Gasteiger partial charge in [-0.3, -0.25) is 5.32 Å². The summed E-state index contributed by atoms with van der Waals surface area (Å²) < 4.78 is 30.6. The number of piperidine rings is 1. The molecule has 3 N–H and O–H groups in total. The molecule has 31 heavy (non-hydrogen) atoms. The van der Waals surface area contributed by atoms with Gasteiger partial charge < -0.3 is 33.9 Å². The summed E-state index contributed by atoms with van der Waals surface area (Å²) in [5, 5.41) is 28.9. The Kier molecular flexibility index (Phi) is 3.78. The normalized spacial score (nSPS) is 66.8. The van der Waals surface area contributed by atoms with Crippen molar-refractivity contribution in [1.82, 2.24) is 5.32 Å². The molecule has 5 aliphatic carbocycles. The maximum atomic E-state index is 12.7. The van der Waals surface area contributed by atoms with Crippen LogP contribution in [0.15, 0.2) is 0 Å². The van der Waals surface area contributed by atoms with Gasteiger partial charge in [0.05, 0.1) is 37.1 Å². The molecule has 0 amide bonds. The second-order valence-corrected chi connectivity index (χ2v) is 11.4. The van der Waals surface area contributed by atoms with Gasteiger partial charge in [-0.2, -0.15) is 0 Å². The van der Waals surface area contributed by atoms with Crippen LogP contribution in [0, 0.1) is 34.5 Å². The maximum absolute atomic E-state index is 12.7. The van der Waals surface area contributed by atoms with E-state index in [0.29, 0.717) is 13.0 Å². The molecule has 8 heteroatoms. The number of aliphatic hydroxyl groups is 2. The van der Waals surface area contributed by atoms with Crippen LogP contribution in [0.4, 0.5) is 0 Å². The van der Waals surface area contributed by atoms with Crippen LogP contribution in [0.25, 0.3) is 0 Å². The van der Waals surface area contributed by atoms with Crippen LogP contribution in [0.1, 0.15) is 25.7 Å². The van der Waals surface area contributed by atoms with Gasteiger partial charge in [-0.1, -0.05) is 0 Å². The van der Waals surface area contributed by atoms with Crippen molar-refractivity contribution in [2.24, 2.45) is 34.5 Å². The number of rotatable bonds is 5. The first-order chi connectivity index (χ1) is 14.9. The van der Waals surface area contributed by atoms with Crippen LogP contribution in [-0.2, 0) is 23.7 Å². The van der Waals surface area contributed by atoms with Gasteiger partial charge in [0.15, 0.2) is 0 Å². The highest BCUT2D eigenvalue weighted by molar-refractivity contribution is 5.43. The summed E-state index contributed by atoms with van der Waals surface area (Å²) in [6.45, 7) is 0.556. The molecule has 9 fully saturated rings. The summed E-state index contributed by atoms with van der Waals surface area (Å²) in [7, 11) is 6.87. The lowest BCUT2D eigenvalue weighted by atomic mass is 9.41. The van der Waals surface area contributed by atoms with Crippen molar-refractivity contribution < 1.29 is 33.9 Å². The zero-order valence-corrected chi connectivity index (χ0v) is 18.7. The van der Waals surface area contributed by atoms with Crippen LogP contribution in [0.5, 0.6) is 0 Å². The van der Waals surface area contributed by atoms with Crippen molar-refractivity contribution in [2.75, 3.05) is 35.0 Å². The maximum Gasteiger partial charge on any atom is 0.136 e. The highest BCUT2D eigenvalue weighted by Crippen LogP contribution is 2.81. The van der Waals surface area contributed by atoms with Crippen LogP contribution in [0.2, 0.25) is 0 Å². The Morgan fingerprint density at radius 2 is 1.90 bits per heavy atom. The van der Waals surface area contributed by atoms with Gasteiger partial charge in [-0.25, -0.2) is 0 Å². The van der Waals surface area contributed by atoms with Gasteiger partial charge >= 0.3 is 0 Å². The van der Waals surface area contributed by atoms with E-state index in [2.05, 4.69) is 5.32 Å². The minimum atomic E-state index is -1.45. The van der Waals surface area contributed by atoms with E-state index >= 15 is 0 Å². The summed E-state index contributed by atoms with van der Waals surface area (Å²) in [4.78, 5) is 0. The van der Waals surface area contributed by atoms with Gasteiger partial charge in [0.2, 0.25) is 0 Å². The Morgan fingerprint density at radius 3 is 2.58 bits per heavy atom. The highest BCUT2D eigenvalue weighted by atomic mass is 16.5. The molecule has 4 aliphatic heterocycles. The molecule has 1 spiro atoms. The fourth-order valence-corrected chi connectivity index (χ4v) is 10.8. The molecular formula is C23H35NO7. The summed E-state index contributed by atoms with van der Waals surface area (Å²) in [6.07, 6.45) is 2.30. The Hall–Kier alpha value is -0.320. The van der Waals surface area contributed by atoms with E-state index in [1.165, 1.54) is 0 Å². The first-order valence-electron chi connectivity index (χ1n) is 11.8. The van der Waals surface area contributed by atoms with Crippen LogP contribution < -0.4 is 5.32 Å². The lowest BCUT2D eigenvalue weighted by Gasteiger charge is -2.73. The Bertz CT molecular complexity index is 809. The standard InChI is InChI=1S/C23H35NO7/c1-27-9-20-6-5-13-22-11-7-10-12(28-2)8-21(25,14(11)15(10)29-3)23(26,17(30-4)16(20)22)18(22)24-19(20)31-13/h10-19,24-26H,5-9H2,1-4H3/t10-,11-,12+,13-,14-,15+,16-,17+,18?,19?,20+,21-,22+,23+/m1/s1. The first-order valence-corrected chi connectivity index (χ1v) is 11.8. The van der Waals surface area contributed by atoms with E-state index in [9.17, 15) is 10.2 Å². The lowest BCUT2D eigenvalue weighted by Crippen LogP contribution is -2.86. The van der Waals surface area contributed by atoms with Crippen molar-refractivity contribution in [3.8, 4) is 0 Å². The third-order valence-corrected chi connectivity index (χ3v) is 11.3. The third-order valence-electron chi connectivity index (χ3n) is 11.3. The van der Waals surface area contributed by atoms with Gasteiger partial charge in [0.1, 0.15) is 17.4 Å². The molecule has 2 unspecified atom stereocenters. The lowest BCUT2D eigenvalue weighted by molar-refractivity contribution is -0.367. The molecule has 9 aliphatic rings. The fourth-order valence-electron chi connectivity index (χ4n) is 10.8. The average molecular weight is 438 g/mol. The van der Waals surface area contributed by atoms with Gasteiger partial charge in [-0.05, 0) is 25.2 Å².